The number of nitrogens with zero attached hydrogens (tertiary/aromatic N) is 1. The fraction of sp³-hybridized carbons (Fsp3) is 0.400. The molecule has 0 heterocycles. The van der Waals surface area contributed by atoms with E-state index in [1.807, 2.05) is 61.2 Å². The van der Waals surface area contributed by atoms with E-state index in [9.17, 15) is 0 Å². The van der Waals surface area contributed by atoms with E-state index in [1.165, 1.54) is 0 Å². The molecule has 30 heavy (non-hydrogen) atoms. The van der Waals surface area contributed by atoms with E-state index in [0.29, 0.717) is 6.61 Å². The molecule has 0 unspecified atom stereocenters. The number of unbranched alkanes of at least 4 members (excludes halogenated alkanes) is 1. The predicted octanol–water partition coefficient (Wildman–Crippen LogP) is 6.20. The van der Waals surface area contributed by atoms with E-state index in [0.717, 1.165) is 64.9 Å². The van der Waals surface area contributed by atoms with Crippen LogP contribution >= 0.6 is 11.8 Å². The van der Waals surface area contributed by atoms with Crippen LogP contribution in [0.15, 0.2) is 59.8 Å². The monoisotopic (exact) mass is 427 g/mol. The van der Waals surface area contributed by atoms with Crippen molar-refractivity contribution in [2.24, 2.45) is 5.16 Å². The van der Waals surface area contributed by atoms with Gasteiger partial charge in [-0.2, -0.15) is 11.8 Å². The molecule has 5 heteroatoms. The zero-order valence-corrected chi connectivity index (χ0v) is 19.3. The average Bonchev–Trinajstić information content (AvgIpc) is 2.74. The summed E-state index contributed by atoms with van der Waals surface area (Å²) in [5, 5.41) is 4.18. The third-order valence-electron chi connectivity index (χ3n) is 4.49. The van der Waals surface area contributed by atoms with Crippen molar-refractivity contribution >= 4 is 17.5 Å². The Morgan fingerprint density at radius 3 is 2.43 bits per heavy atom. The third kappa shape index (κ3) is 8.15. The molecule has 0 spiro atoms. The van der Waals surface area contributed by atoms with Crippen molar-refractivity contribution in [2.75, 3.05) is 31.8 Å². The second-order valence-corrected chi connectivity index (χ2v) is 8.07. The maximum Gasteiger partial charge on any atom is 0.125 e. The molecule has 0 aliphatic rings. The molecule has 0 saturated carbocycles. The summed E-state index contributed by atoms with van der Waals surface area (Å²) >= 11 is 1.87. The molecule has 2 aromatic carbocycles. The lowest BCUT2D eigenvalue weighted by molar-refractivity contribution is 0.213. The highest BCUT2D eigenvalue weighted by molar-refractivity contribution is 7.99. The topological polar surface area (TPSA) is 40.0 Å². The number of aryl methyl sites for hydroxylation is 2. The van der Waals surface area contributed by atoms with Crippen LogP contribution in [-0.2, 0) is 4.84 Å². The van der Waals surface area contributed by atoms with Crippen molar-refractivity contribution in [3.05, 3.63) is 71.3 Å². The van der Waals surface area contributed by atoms with Gasteiger partial charge in [-0.05, 0) is 62.6 Å². The Balaban J connectivity index is 1.70. The summed E-state index contributed by atoms with van der Waals surface area (Å²) in [6.07, 6.45) is 6.11. The van der Waals surface area contributed by atoms with Crippen LogP contribution in [0.2, 0.25) is 0 Å². The highest BCUT2D eigenvalue weighted by Gasteiger charge is 2.08. The van der Waals surface area contributed by atoms with Gasteiger partial charge in [0.05, 0.1) is 12.3 Å². The van der Waals surface area contributed by atoms with E-state index in [2.05, 4.69) is 31.1 Å². The highest BCUT2D eigenvalue weighted by Crippen LogP contribution is 2.28. The molecule has 0 radical (unpaired) electrons. The molecule has 0 amide bonds. The Morgan fingerprint density at radius 2 is 1.77 bits per heavy atom. The van der Waals surface area contributed by atoms with Gasteiger partial charge in [-0.1, -0.05) is 47.6 Å². The van der Waals surface area contributed by atoms with Gasteiger partial charge < -0.3 is 14.3 Å². The van der Waals surface area contributed by atoms with Gasteiger partial charge in [0.2, 0.25) is 0 Å². The Hall–Kier alpha value is -2.40. The van der Waals surface area contributed by atoms with E-state index in [-0.39, 0.29) is 0 Å². The number of rotatable bonds is 13. The van der Waals surface area contributed by atoms with Crippen molar-refractivity contribution in [1.29, 1.82) is 0 Å². The van der Waals surface area contributed by atoms with Crippen LogP contribution in [0.5, 0.6) is 11.5 Å². The molecule has 0 fully saturated rings. The molecule has 2 aromatic rings. The van der Waals surface area contributed by atoms with Crippen LogP contribution in [0.1, 0.15) is 36.5 Å². The average molecular weight is 428 g/mol. The summed E-state index contributed by atoms with van der Waals surface area (Å²) in [7, 11) is 1.59. The first-order valence-corrected chi connectivity index (χ1v) is 11.5. The molecule has 0 N–H and O–H groups in total. The number of thioether (sulfide) groups is 1. The first-order valence-electron chi connectivity index (χ1n) is 10.4. The lowest BCUT2D eigenvalue weighted by Gasteiger charge is -2.14. The van der Waals surface area contributed by atoms with Crippen molar-refractivity contribution in [1.82, 2.24) is 0 Å². The van der Waals surface area contributed by atoms with Crippen LogP contribution in [0.25, 0.3) is 0 Å². The lowest BCUT2D eigenvalue weighted by atomic mass is 10.1. The number of hydrogen-bond acceptors (Lipinski definition) is 5. The van der Waals surface area contributed by atoms with Gasteiger partial charge in [0.25, 0.3) is 0 Å². The summed E-state index contributed by atoms with van der Waals surface area (Å²) in [6, 6.07) is 14.3. The second kappa shape index (κ2) is 13.8. The number of ether oxygens (including phenoxy) is 2. The van der Waals surface area contributed by atoms with E-state index >= 15 is 0 Å². The van der Waals surface area contributed by atoms with Crippen molar-refractivity contribution in [2.45, 2.75) is 33.6 Å². The highest BCUT2D eigenvalue weighted by atomic mass is 32.2. The molecular weight excluding hydrogens is 394 g/mol. The lowest BCUT2D eigenvalue weighted by Crippen LogP contribution is -2.06. The Morgan fingerprint density at radius 1 is 1.03 bits per heavy atom. The van der Waals surface area contributed by atoms with Crippen LogP contribution in [0.4, 0.5) is 0 Å². The van der Waals surface area contributed by atoms with Gasteiger partial charge in [-0.25, -0.2) is 0 Å². The summed E-state index contributed by atoms with van der Waals surface area (Å²) in [5.41, 5.74) is 4.31. The number of allylic oxidation sites excluding steroid dienone is 1. The molecule has 0 atom stereocenters. The van der Waals surface area contributed by atoms with Crippen molar-refractivity contribution in [3.8, 4) is 11.5 Å². The van der Waals surface area contributed by atoms with Gasteiger partial charge in [-0.15, -0.1) is 0 Å². The number of benzene rings is 2. The van der Waals surface area contributed by atoms with Crippen LogP contribution < -0.4 is 9.47 Å². The molecule has 0 aliphatic carbocycles. The molecule has 0 aromatic heterocycles. The minimum absolute atomic E-state index is 0.592. The number of hydrogen-bond donors (Lipinski definition) is 0. The Bertz CT molecular complexity index is 795. The zero-order valence-electron chi connectivity index (χ0n) is 18.5. The Labute approximate surface area is 185 Å². The molecular formula is C25H33NO3S. The minimum atomic E-state index is 0.592. The van der Waals surface area contributed by atoms with Gasteiger partial charge >= 0.3 is 0 Å². The van der Waals surface area contributed by atoms with Crippen molar-refractivity contribution < 1.29 is 14.3 Å². The molecule has 0 saturated heterocycles. The van der Waals surface area contributed by atoms with E-state index in [4.69, 9.17) is 14.3 Å². The number of oxime groups is 1. The molecule has 2 rings (SSSR count). The predicted molar refractivity (Wildman–Crippen MR) is 128 cm³/mol. The largest absolute Gasteiger partial charge is 0.493 e. The van der Waals surface area contributed by atoms with E-state index < -0.39 is 0 Å². The summed E-state index contributed by atoms with van der Waals surface area (Å²) in [5.74, 6) is 3.76. The molecule has 0 bridgehead atoms. The van der Waals surface area contributed by atoms with E-state index in [1.54, 1.807) is 7.11 Å². The SMILES string of the molecule is C/C=C/COc1cc(C)c(OCCCCSC/C(=N/OC)c2ccccc2)c(C)c1. The molecule has 0 aliphatic heterocycles. The van der Waals surface area contributed by atoms with Gasteiger partial charge in [0.1, 0.15) is 25.2 Å². The smallest absolute Gasteiger partial charge is 0.125 e. The van der Waals surface area contributed by atoms with Gasteiger partial charge in [0, 0.05) is 11.3 Å². The first-order chi connectivity index (χ1) is 14.7. The third-order valence-corrected chi connectivity index (χ3v) is 5.55. The molecule has 4 nitrogen and oxygen atoms in total. The quantitative estimate of drug-likeness (QED) is 0.165. The Kier molecular flexibility index (Phi) is 10.9. The van der Waals surface area contributed by atoms with Crippen molar-refractivity contribution in [3.63, 3.8) is 0 Å². The van der Waals surface area contributed by atoms with Crippen LogP contribution in [0, 0.1) is 13.8 Å². The second-order valence-electron chi connectivity index (χ2n) is 6.96. The van der Waals surface area contributed by atoms with Crippen LogP contribution in [0.3, 0.4) is 0 Å². The normalized spacial score (nSPS) is 11.7. The summed E-state index contributed by atoms with van der Waals surface area (Å²) < 4.78 is 11.8. The fourth-order valence-electron chi connectivity index (χ4n) is 3.01. The summed E-state index contributed by atoms with van der Waals surface area (Å²) in [6.45, 7) is 7.44. The molecule has 162 valence electrons. The maximum atomic E-state index is 6.06. The minimum Gasteiger partial charge on any atom is -0.493 e. The van der Waals surface area contributed by atoms with Gasteiger partial charge in [0.15, 0.2) is 0 Å². The first kappa shape index (κ1) is 23.9. The zero-order chi connectivity index (χ0) is 21.6. The fourth-order valence-corrected chi connectivity index (χ4v) is 3.98. The van der Waals surface area contributed by atoms with Crippen LogP contribution in [-0.4, -0.2) is 37.5 Å². The maximum absolute atomic E-state index is 6.06. The van der Waals surface area contributed by atoms with Gasteiger partial charge in [-0.3, -0.25) is 0 Å². The summed E-state index contributed by atoms with van der Waals surface area (Å²) in [4.78, 5) is 5.00. The standard InChI is InChI=1S/C25H33NO3S/c1-5-6-14-28-23-17-20(2)25(21(3)18-23)29-15-10-11-16-30-19-24(26-27-4)22-12-8-7-9-13-22/h5-9,12-13,17-18H,10-11,14-16,19H2,1-4H3/b6-5+,26-24-.